The van der Waals surface area contributed by atoms with Gasteiger partial charge < -0.3 is 5.73 Å². The van der Waals surface area contributed by atoms with Crippen molar-refractivity contribution >= 4 is 28.9 Å². The molecule has 0 bridgehead atoms. The number of nitrogen functional groups attached to an aromatic ring is 1. The molecule has 104 valence electrons. The van der Waals surface area contributed by atoms with Crippen molar-refractivity contribution in [2.24, 2.45) is 0 Å². The van der Waals surface area contributed by atoms with Crippen LogP contribution in [0.15, 0.2) is 36.4 Å². The van der Waals surface area contributed by atoms with Gasteiger partial charge in [0.05, 0.1) is 0 Å². The average molecular weight is 307 g/mol. The van der Waals surface area contributed by atoms with Crippen LogP contribution in [0.2, 0.25) is 10.0 Å². The predicted molar refractivity (Wildman–Crippen MR) is 85.1 cm³/mol. The normalized spacial score (nSPS) is 15.1. The third kappa shape index (κ3) is 2.93. The maximum atomic E-state index is 6.24. The molecule has 0 saturated heterocycles. The van der Waals surface area contributed by atoms with Crippen LogP contribution in [0.3, 0.4) is 0 Å². The lowest BCUT2D eigenvalue weighted by molar-refractivity contribution is 0.245. The van der Waals surface area contributed by atoms with Crippen molar-refractivity contribution in [3.05, 3.63) is 63.1 Å². The maximum Gasteiger partial charge on any atom is 0.0465 e. The van der Waals surface area contributed by atoms with E-state index in [1.165, 1.54) is 11.1 Å². The summed E-state index contributed by atoms with van der Waals surface area (Å²) in [6.45, 7) is 2.81. The highest BCUT2D eigenvalue weighted by Crippen LogP contribution is 2.26. The molecule has 1 aliphatic heterocycles. The van der Waals surface area contributed by atoms with Crippen molar-refractivity contribution in [1.29, 1.82) is 0 Å². The predicted octanol–water partition coefficient (Wildman–Crippen LogP) is 4.13. The largest absolute Gasteiger partial charge is 0.399 e. The molecule has 2 aromatic carbocycles. The molecule has 20 heavy (non-hydrogen) atoms. The summed E-state index contributed by atoms with van der Waals surface area (Å²) in [4.78, 5) is 2.40. The Bertz CT molecular complexity index is 640. The Morgan fingerprint density at radius 2 is 1.90 bits per heavy atom. The van der Waals surface area contributed by atoms with Crippen LogP contribution in [0.5, 0.6) is 0 Å². The van der Waals surface area contributed by atoms with Crippen LogP contribution in [-0.2, 0) is 19.5 Å². The number of hydrogen-bond donors (Lipinski definition) is 1. The SMILES string of the molecule is Nc1ccc2c(c1)CCN(Cc1ccc(Cl)cc1Cl)C2. The molecule has 2 N–H and O–H groups in total. The van der Waals surface area contributed by atoms with Crippen molar-refractivity contribution in [3.8, 4) is 0 Å². The maximum absolute atomic E-state index is 6.24. The Morgan fingerprint density at radius 1 is 1.05 bits per heavy atom. The van der Waals surface area contributed by atoms with Gasteiger partial charge in [0, 0.05) is 35.4 Å². The smallest absolute Gasteiger partial charge is 0.0465 e. The summed E-state index contributed by atoms with van der Waals surface area (Å²) in [6.07, 6.45) is 1.03. The van der Waals surface area contributed by atoms with Gasteiger partial charge in [-0.2, -0.15) is 0 Å². The standard InChI is InChI=1S/C16H16Cl2N2/c17-14-3-1-13(16(18)8-14)10-20-6-5-11-7-15(19)4-2-12(11)9-20/h1-4,7-8H,5-6,9-10,19H2. The molecule has 3 rings (SSSR count). The van der Waals surface area contributed by atoms with Crippen LogP contribution in [0.1, 0.15) is 16.7 Å². The van der Waals surface area contributed by atoms with Crippen molar-refractivity contribution in [3.63, 3.8) is 0 Å². The first-order valence-corrected chi connectivity index (χ1v) is 7.41. The number of halogens is 2. The van der Waals surface area contributed by atoms with Gasteiger partial charge in [-0.05, 0) is 47.4 Å². The number of fused-ring (bicyclic) bond motifs is 1. The second kappa shape index (κ2) is 5.65. The van der Waals surface area contributed by atoms with E-state index in [2.05, 4.69) is 17.0 Å². The molecule has 0 fully saturated rings. The quantitative estimate of drug-likeness (QED) is 0.845. The zero-order valence-corrected chi connectivity index (χ0v) is 12.6. The van der Waals surface area contributed by atoms with Gasteiger partial charge in [0.25, 0.3) is 0 Å². The molecule has 4 heteroatoms. The van der Waals surface area contributed by atoms with Crippen LogP contribution in [-0.4, -0.2) is 11.4 Å². The Hall–Kier alpha value is -1.22. The summed E-state index contributed by atoms with van der Waals surface area (Å²) in [5, 5.41) is 1.42. The van der Waals surface area contributed by atoms with E-state index < -0.39 is 0 Å². The lowest BCUT2D eigenvalue weighted by atomic mass is 9.98. The molecule has 0 saturated carbocycles. The number of nitrogens with two attached hydrogens (primary N) is 1. The van der Waals surface area contributed by atoms with Crippen molar-refractivity contribution in [2.45, 2.75) is 19.5 Å². The molecule has 1 heterocycles. The van der Waals surface area contributed by atoms with Gasteiger partial charge >= 0.3 is 0 Å². The monoisotopic (exact) mass is 306 g/mol. The third-order valence-electron chi connectivity index (χ3n) is 3.73. The summed E-state index contributed by atoms with van der Waals surface area (Å²) in [6, 6.07) is 11.9. The zero-order chi connectivity index (χ0) is 14.1. The minimum atomic E-state index is 0.679. The number of anilines is 1. The molecule has 0 unspecified atom stereocenters. The number of hydrogen-bond acceptors (Lipinski definition) is 2. The van der Waals surface area contributed by atoms with Crippen LogP contribution >= 0.6 is 23.2 Å². The van der Waals surface area contributed by atoms with Gasteiger partial charge in [0.1, 0.15) is 0 Å². The minimum Gasteiger partial charge on any atom is -0.399 e. The van der Waals surface area contributed by atoms with Crippen molar-refractivity contribution in [2.75, 3.05) is 12.3 Å². The highest BCUT2D eigenvalue weighted by molar-refractivity contribution is 6.35. The van der Waals surface area contributed by atoms with E-state index in [0.717, 1.165) is 42.3 Å². The Balaban J connectivity index is 1.75. The van der Waals surface area contributed by atoms with Crippen LogP contribution in [0.4, 0.5) is 5.69 Å². The van der Waals surface area contributed by atoms with Crippen LogP contribution in [0, 0.1) is 0 Å². The van der Waals surface area contributed by atoms with Gasteiger partial charge in [-0.1, -0.05) is 35.3 Å². The molecule has 0 radical (unpaired) electrons. The molecular formula is C16H16Cl2N2. The summed E-state index contributed by atoms with van der Waals surface area (Å²) in [5.74, 6) is 0. The molecule has 1 aliphatic rings. The summed E-state index contributed by atoms with van der Waals surface area (Å²) >= 11 is 12.2. The summed E-state index contributed by atoms with van der Waals surface area (Å²) in [7, 11) is 0. The van der Waals surface area contributed by atoms with Crippen LogP contribution in [0.25, 0.3) is 0 Å². The van der Waals surface area contributed by atoms with E-state index in [1.807, 2.05) is 18.2 Å². The van der Waals surface area contributed by atoms with E-state index in [1.54, 1.807) is 6.07 Å². The molecule has 0 spiro atoms. The third-order valence-corrected chi connectivity index (χ3v) is 4.32. The molecule has 2 nitrogen and oxygen atoms in total. The van der Waals surface area contributed by atoms with E-state index in [-0.39, 0.29) is 0 Å². The van der Waals surface area contributed by atoms with Gasteiger partial charge in [-0.25, -0.2) is 0 Å². The second-order valence-corrected chi connectivity index (χ2v) is 6.07. The second-order valence-electron chi connectivity index (χ2n) is 5.22. The number of rotatable bonds is 2. The van der Waals surface area contributed by atoms with Crippen molar-refractivity contribution in [1.82, 2.24) is 4.90 Å². The van der Waals surface area contributed by atoms with Gasteiger partial charge in [0.15, 0.2) is 0 Å². The van der Waals surface area contributed by atoms with E-state index in [0.29, 0.717) is 5.02 Å². The summed E-state index contributed by atoms with van der Waals surface area (Å²) < 4.78 is 0. The first kappa shape index (κ1) is 13.7. The lowest BCUT2D eigenvalue weighted by Crippen LogP contribution is -2.30. The fourth-order valence-corrected chi connectivity index (χ4v) is 3.13. The number of benzene rings is 2. The topological polar surface area (TPSA) is 29.3 Å². The van der Waals surface area contributed by atoms with Crippen LogP contribution < -0.4 is 5.73 Å². The van der Waals surface area contributed by atoms with Gasteiger partial charge in [-0.15, -0.1) is 0 Å². The molecule has 0 aliphatic carbocycles. The highest BCUT2D eigenvalue weighted by atomic mass is 35.5. The van der Waals surface area contributed by atoms with E-state index >= 15 is 0 Å². The molecule has 0 amide bonds. The van der Waals surface area contributed by atoms with Gasteiger partial charge in [-0.3, -0.25) is 4.90 Å². The average Bonchev–Trinajstić information content (AvgIpc) is 2.42. The molecular weight excluding hydrogens is 291 g/mol. The van der Waals surface area contributed by atoms with E-state index in [9.17, 15) is 0 Å². The summed E-state index contributed by atoms with van der Waals surface area (Å²) in [5.41, 5.74) is 10.5. The zero-order valence-electron chi connectivity index (χ0n) is 11.1. The first-order chi connectivity index (χ1) is 9.61. The Morgan fingerprint density at radius 3 is 2.70 bits per heavy atom. The minimum absolute atomic E-state index is 0.679. The van der Waals surface area contributed by atoms with Crippen molar-refractivity contribution < 1.29 is 0 Å². The molecule has 0 atom stereocenters. The Labute approximate surface area is 129 Å². The van der Waals surface area contributed by atoms with Gasteiger partial charge in [0.2, 0.25) is 0 Å². The highest BCUT2D eigenvalue weighted by Gasteiger charge is 2.17. The fourth-order valence-electron chi connectivity index (χ4n) is 2.66. The first-order valence-electron chi connectivity index (χ1n) is 6.65. The molecule has 2 aromatic rings. The fraction of sp³-hybridized carbons (Fsp3) is 0.250. The lowest BCUT2D eigenvalue weighted by Gasteiger charge is -2.29. The van der Waals surface area contributed by atoms with E-state index in [4.69, 9.17) is 28.9 Å². The Kier molecular flexibility index (Phi) is 3.88. The number of nitrogens with zero attached hydrogens (tertiary/aromatic N) is 1. The molecule has 0 aromatic heterocycles.